The molecule has 2 unspecified atom stereocenters. The lowest BCUT2D eigenvalue weighted by atomic mass is 9.98. The number of benzene rings is 2. The summed E-state index contributed by atoms with van der Waals surface area (Å²) in [6.45, 7) is 4.30. The first kappa shape index (κ1) is 23.1. The number of alkyl carbamates (subject to hydrolysis) is 1. The molecule has 4 atom stereocenters. The Labute approximate surface area is 203 Å². The number of aliphatic carboxylic acids is 1. The summed E-state index contributed by atoms with van der Waals surface area (Å²) in [5, 5.41) is 12.3. The van der Waals surface area contributed by atoms with Gasteiger partial charge in [-0.05, 0) is 35.1 Å². The van der Waals surface area contributed by atoms with Crippen LogP contribution in [0.5, 0.6) is 0 Å². The Kier molecular flexibility index (Phi) is 6.30. The number of nitrogens with one attached hydrogen (secondary N) is 1. The largest absolute Gasteiger partial charge is 0.480 e. The van der Waals surface area contributed by atoms with Crippen LogP contribution in [0.2, 0.25) is 0 Å². The van der Waals surface area contributed by atoms with Gasteiger partial charge < -0.3 is 24.8 Å². The number of carbonyl (C=O) groups is 3. The van der Waals surface area contributed by atoms with Crippen LogP contribution in [0, 0.1) is 0 Å². The van der Waals surface area contributed by atoms with Gasteiger partial charge in [0, 0.05) is 18.9 Å². The molecule has 1 aliphatic carbocycles. The lowest BCUT2D eigenvalue weighted by Crippen LogP contribution is -2.54. The first-order chi connectivity index (χ1) is 17.0. The average molecular weight is 477 g/mol. The highest BCUT2D eigenvalue weighted by Crippen LogP contribution is 2.44. The third kappa shape index (κ3) is 4.18. The third-order valence-corrected chi connectivity index (χ3v) is 7.20. The van der Waals surface area contributed by atoms with Crippen molar-refractivity contribution in [3.63, 3.8) is 0 Å². The molecule has 2 fully saturated rings. The van der Waals surface area contributed by atoms with Gasteiger partial charge in [0.1, 0.15) is 18.7 Å². The molecule has 3 aliphatic rings. The molecule has 0 spiro atoms. The van der Waals surface area contributed by atoms with Gasteiger partial charge in [0.25, 0.3) is 0 Å². The molecule has 2 aromatic carbocycles. The van der Waals surface area contributed by atoms with Gasteiger partial charge in [-0.25, -0.2) is 9.59 Å². The van der Waals surface area contributed by atoms with E-state index in [1.165, 1.54) is 11.0 Å². The molecule has 2 N–H and O–H groups in total. The number of amides is 2. The molecule has 0 bridgehead atoms. The second-order valence-electron chi connectivity index (χ2n) is 9.15. The Morgan fingerprint density at radius 3 is 2.43 bits per heavy atom. The van der Waals surface area contributed by atoms with Crippen molar-refractivity contribution >= 4 is 18.0 Å². The minimum atomic E-state index is -1.07. The van der Waals surface area contributed by atoms with Gasteiger partial charge in [-0.3, -0.25) is 4.79 Å². The van der Waals surface area contributed by atoms with Gasteiger partial charge >= 0.3 is 12.1 Å². The van der Waals surface area contributed by atoms with Crippen LogP contribution in [0.3, 0.4) is 0 Å². The molecule has 0 saturated carbocycles. The topological polar surface area (TPSA) is 105 Å². The number of nitrogens with zero attached hydrogens (tertiary/aromatic N) is 1. The van der Waals surface area contributed by atoms with Gasteiger partial charge in [0.2, 0.25) is 5.91 Å². The first-order valence-corrected chi connectivity index (χ1v) is 11.9. The van der Waals surface area contributed by atoms with Crippen molar-refractivity contribution in [3.8, 4) is 11.1 Å². The van der Waals surface area contributed by atoms with E-state index in [1.54, 1.807) is 0 Å². The fraction of sp³-hybridized carbons (Fsp3) is 0.370. The van der Waals surface area contributed by atoms with Crippen LogP contribution in [0.1, 0.15) is 36.3 Å². The highest BCUT2D eigenvalue weighted by atomic mass is 16.5. The number of fused-ring (bicyclic) bond motifs is 4. The van der Waals surface area contributed by atoms with Crippen molar-refractivity contribution in [2.24, 2.45) is 0 Å². The number of carboxylic acid groups (broad SMARTS) is 1. The Hall–Kier alpha value is -3.65. The van der Waals surface area contributed by atoms with E-state index in [9.17, 15) is 19.5 Å². The zero-order valence-corrected chi connectivity index (χ0v) is 19.3. The van der Waals surface area contributed by atoms with Crippen molar-refractivity contribution in [1.82, 2.24) is 10.2 Å². The molecular formula is C27H28N2O6. The maximum absolute atomic E-state index is 13.4. The highest BCUT2D eigenvalue weighted by Gasteiger charge is 2.51. The Morgan fingerprint density at radius 1 is 1.14 bits per heavy atom. The number of rotatable bonds is 7. The molecule has 8 nitrogen and oxygen atoms in total. The number of carbonyl (C=O) groups excluding carboxylic acids is 2. The Morgan fingerprint density at radius 2 is 1.80 bits per heavy atom. The predicted molar refractivity (Wildman–Crippen MR) is 128 cm³/mol. The van der Waals surface area contributed by atoms with Crippen LogP contribution in [0.15, 0.2) is 61.2 Å². The molecule has 2 amide bonds. The Bertz CT molecular complexity index is 1120. The van der Waals surface area contributed by atoms with E-state index in [1.807, 2.05) is 36.4 Å². The van der Waals surface area contributed by atoms with Gasteiger partial charge in [-0.1, -0.05) is 54.6 Å². The second kappa shape index (κ2) is 9.54. The van der Waals surface area contributed by atoms with Gasteiger partial charge in [-0.2, -0.15) is 0 Å². The van der Waals surface area contributed by atoms with E-state index in [0.29, 0.717) is 13.0 Å². The summed E-state index contributed by atoms with van der Waals surface area (Å²) in [5.74, 6) is -1.63. The van der Waals surface area contributed by atoms with Crippen LogP contribution in [-0.4, -0.2) is 65.4 Å². The SMILES string of the molecule is C=CCC(NC(=O)OCC1c2ccccc2-c2ccccc21)C(=O)N1C(C(=O)O)C[C@@H]2OCC[C@@H]21. The molecule has 0 radical (unpaired) electrons. The van der Waals surface area contributed by atoms with Crippen LogP contribution >= 0.6 is 0 Å². The van der Waals surface area contributed by atoms with E-state index in [4.69, 9.17) is 9.47 Å². The minimum Gasteiger partial charge on any atom is -0.480 e. The van der Waals surface area contributed by atoms with Crippen molar-refractivity contribution in [1.29, 1.82) is 0 Å². The van der Waals surface area contributed by atoms with Crippen LogP contribution < -0.4 is 5.32 Å². The maximum atomic E-state index is 13.4. The van der Waals surface area contributed by atoms with E-state index in [-0.39, 0.29) is 37.5 Å². The summed E-state index contributed by atoms with van der Waals surface area (Å²) in [7, 11) is 0. The predicted octanol–water partition coefficient (Wildman–Crippen LogP) is 3.31. The summed E-state index contributed by atoms with van der Waals surface area (Å²) in [4.78, 5) is 39.4. The lowest BCUT2D eigenvalue weighted by molar-refractivity contribution is -0.150. The van der Waals surface area contributed by atoms with Crippen molar-refractivity contribution in [2.75, 3.05) is 13.2 Å². The average Bonchev–Trinajstić information content (AvgIpc) is 3.54. The van der Waals surface area contributed by atoms with Crippen molar-refractivity contribution < 1.29 is 29.0 Å². The molecule has 2 saturated heterocycles. The maximum Gasteiger partial charge on any atom is 0.407 e. The molecule has 182 valence electrons. The molecule has 0 aromatic heterocycles. The lowest BCUT2D eigenvalue weighted by Gasteiger charge is -2.30. The fourth-order valence-electron chi connectivity index (χ4n) is 5.63. The number of likely N-dealkylation sites (tertiary alicyclic amines) is 1. The zero-order valence-electron chi connectivity index (χ0n) is 19.3. The fourth-order valence-corrected chi connectivity index (χ4v) is 5.63. The number of ether oxygens (including phenoxy) is 2. The molecule has 8 heteroatoms. The van der Waals surface area contributed by atoms with Crippen molar-refractivity contribution in [2.45, 2.75) is 49.4 Å². The zero-order chi connectivity index (χ0) is 24.5. The smallest absolute Gasteiger partial charge is 0.407 e. The normalized spacial score (nSPS) is 23.2. The second-order valence-corrected chi connectivity index (χ2v) is 9.15. The van der Waals surface area contributed by atoms with E-state index in [2.05, 4.69) is 24.0 Å². The standard InChI is InChI=1S/C27H28N2O6/c1-2-7-21(25(30)29-22-12-13-34-24(22)14-23(29)26(31)32)28-27(33)35-15-20-18-10-5-3-8-16(18)17-9-4-6-11-19(17)20/h2-6,8-11,20-24H,1,7,12-15H2,(H,28,33)(H,31,32)/t21?,22-,23?,24-/m0/s1. The molecule has 2 aliphatic heterocycles. The number of hydrogen-bond donors (Lipinski definition) is 2. The van der Waals surface area contributed by atoms with E-state index >= 15 is 0 Å². The van der Waals surface area contributed by atoms with Crippen LogP contribution in [-0.2, 0) is 19.1 Å². The summed E-state index contributed by atoms with van der Waals surface area (Å²) in [5.41, 5.74) is 4.43. The van der Waals surface area contributed by atoms with Crippen molar-refractivity contribution in [3.05, 3.63) is 72.3 Å². The van der Waals surface area contributed by atoms with Crippen LogP contribution in [0.25, 0.3) is 11.1 Å². The van der Waals surface area contributed by atoms with E-state index in [0.717, 1.165) is 22.3 Å². The minimum absolute atomic E-state index is 0.104. The molecule has 2 aromatic rings. The number of carboxylic acids is 1. The van der Waals surface area contributed by atoms with Gasteiger partial charge in [0.15, 0.2) is 0 Å². The number of hydrogen-bond acceptors (Lipinski definition) is 5. The van der Waals surface area contributed by atoms with Gasteiger partial charge in [-0.15, -0.1) is 6.58 Å². The molecular weight excluding hydrogens is 448 g/mol. The van der Waals surface area contributed by atoms with Crippen LogP contribution in [0.4, 0.5) is 4.79 Å². The summed E-state index contributed by atoms with van der Waals surface area (Å²) in [6, 6.07) is 13.8. The third-order valence-electron chi connectivity index (χ3n) is 7.20. The summed E-state index contributed by atoms with van der Waals surface area (Å²) >= 11 is 0. The highest BCUT2D eigenvalue weighted by molar-refractivity contribution is 5.90. The summed E-state index contributed by atoms with van der Waals surface area (Å²) < 4.78 is 11.2. The van der Waals surface area contributed by atoms with Gasteiger partial charge in [0.05, 0.1) is 12.1 Å². The monoisotopic (exact) mass is 476 g/mol. The summed E-state index contributed by atoms with van der Waals surface area (Å²) in [6.07, 6.45) is 1.49. The molecule has 2 heterocycles. The molecule has 35 heavy (non-hydrogen) atoms. The first-order valence-electron chi connectivity index (χ1n) is 11.9. The Balaban J connectivity index is 1.28. The molecule has 5 rings (SSSR count). The van der Waals surface area contributed by atoms with E-state index < -0.39 is 30.1 Å². The quantitative estimate of drug-likeness (QED) is 0.594.